The van der Waals surface area contributed by atoms with E-state index >= 15 is 0 Å². The second-order valence-electron chi connectivity index (χ2n) is 2.74. The third kappa shape index (κ3) is 2.34. The molecule has 0 saturated carbocycles. The van der Waals surface area contributed by atoms with Crippen LogP contribution in [-0.4, -0.2) is 19.1 Å². The van der Waals surface area contributed by atoms with Gasteiger partial charge >= 0.3 is 0 Å². The van der Waals surface area contributed by atoms with Crippen LogP contribution >= 0.6 is 0 Å². The molecule has 0 aliphatic carbocycles. The molecule has 0 aliphatic rings. The van der Waals surface area contributed by atoms with Crippen molar-refractivity contribution < 1.29 is 13.6 Å². The molecule has 0 heterocycles. The third-order valence-electron chi connectivity index (χ3n) is 1.80. The summed E-state index contributed by atoms with van der Waals surface area (Å²) in [6.07, 6.45) is 0. The maximum atomic E-state index is 12.1. The predicted molar refractivity (Wildman–Crippen MR) is 46.2 cm³/mol. The van der Waals surface area contributed by atoms with Crippen LogP contribution in [0.2, 0.25) is 0 Å². The number of carbonyl (C=O) groups is 1. The van der Waals surface area contributed by atoms with Gasteiger partial charge in [-0.05, 0) is 0 Å². The molecule has 1 aromatic rings. The lowest BCUT2D eigenvalue weighted by molar-refractivity contribution is 0.0876. The molecule has 0 aromatic heterocycles. The number of halogens is 2. The summed E-state index contributed by atoms with van der Waals surface area (Å²) in [5.41, 5.74) is 0.364. The van der Waals surface area contributed by atoms with E-state index in [-0.39, 0.29) is 0 Å². The van der Waals surface area contributed by atoms with Crippen molar-refractivity contribution in [1.29, 1.82) is 0 Å². The van der Waals surface area contributed by atoms with Gasteiger partial charge in [-0.3, -0.25) is 13.6 Å². The number of hydrogen-bond donors (Lipinski definition) is 0. The van der Waals surface area contributed by atoms with E-state index in [1.165, 1.54) is 0 Å². The van der Waals surface area contributed by atoms with Gasteiger partial charge in [0.1, 0.15) is 13.3 Å². The van der Waals surface area contributed by atoms with Crippen LogP contribution in [0.25, 0.3) is 0 Å². The Labute approximate surface area is 75.4 Å². The largest absolute Gasteiger partial charge is 0.294 e. The molecule has 3 heteroatoms. The Balaban J connectivity index is 2.78. The van der Waals surface area contributed by atoms with Crippen LogP contribution in [0.3, 0.4) is 0 Å². The average Bonchev–Trinajstić information content (AvgIpc) is 2.21. The first kappa shape index (κ1) is 9.84. The predicted octanol–water partition coefficient (Wildman–Crippen LogP) is 2.42. The maximum absolute atomic E-state index is 12.1. The first-order chi connectivity index (χ1) is 6.29. The third-order valence-corrected chi connectivity index (χ3v) is 1.80. The molecule has 0 unspecified atom stereocenters. The number of alkyl halides is 2. The van der Waals surface area contributed by atoms with Crippen molar-refractivity contribution in [2.24, 2.45) is 5.92 Å². The minimum absolute atomic E-state index is 0.364. The Bertz CT molecular complexity index is 268. The number of hydrogen-bond acceptors (Lipinski definition) is 1. The molecule has 0 bridgehead atoms. The Morgan fingerprint density at radius 2 is 1.69 bits per heavy atom. The Morgan fingerprint density at radius 3 is 2.15 bits per heavy atom. The molecule has 1 aromatic carbocycles. The topological polar surface area (TPSA) is 17.1 Å². The van der Waals surface area contributed by atoms with Crippen LogP contribution in [0.5, 0.6) is 0 Å². The molecular weight excluding hydrogens is 174 g/mol. The van der Waals surface area contributed by atoms with Crippen molar-refractivity contribution >= 4 is 5.78 Å². The van der Waals surface area contributed by atoms with E-state index < -0.39 is 25.1 Å². The van der Waals surface area contributed by atoms with Gasteiger partial charge in [-0.25, -0.2) is 0 Å². The molecule has 1 nitrogen and oxygen atoms in total. The van der Waals surface area contributed by atoms with Crippen LogP contribution in [0.1, 0.15) is 10.4 Å². The van der Waals surface area contributed by atoms with Gasteiger partial charge in [0.05, 0.1) is 5.92 Å². The van der Waals surface area contributed by atoms with Crippen LogP contribution in [0.4, 0.5) is 8.78 Å². The van der Waals surface area contributed by atoms with Gasteiger partial charge in [-0.15, -0.1) is 0 Å². The zero-order valence-electron chi connectivity index (χ0n) is 7.04. The molecule has 0 spiro atoms. The highest BCUT2D eigenvalue weighted by atomic mass is 19.1. The lowest BCUT2D eigenvalue weighted by Crippen LogP contribution is -2.18. The Hall–Kier alpha value is -1.25. The molecule has 0 atom stereocenters. The first-order valence-electron chi connectivity index (χ1n) is 4.00. The fourth-order valence-electron chi connectivity index (χ4n) is 1.02. The zero-order chi connectivity index (χ0) is 9.68. The van der Waals surface area contributed by atoms with Crippen molar-refractivity contribution in [2.75, 3.05) is 13.3 Å². The SMILES string of the molecule is O=C(c1ccccc1)C(CF)CF. The first-order valence-corrected chi connectivity index (χ1v) is 4.00. The van der Waals surface area contributed by atoms with Crippen LogP contribution in [-0.2, 0) is 0 Å². The molecule has 0 saturated heterocycles. The van der Waals surface area contributed by atoms with Gasteiger partial charge in [0.2, 0.25) is 0 Å². The number of ketones is 1. The van der Waals surface area contributed by atoms with E-state index in [1.807, 2.05) is 0 Å². The molecular formula is C10H10F2O. The quantitative estimate of drug-likeness (QED) is 0.657. The van der Waals surface area contributed by atoms with Gasteiger partial charge in [-0.2, -0.15) is 0 Å². The molecule has 0 amide bonds. The number of rotatable bonds is 4. The monoisotopic (exact) mass is 184 g/mol. The van der Waals surface area contributed by atoms with Crippen molar-refractivity contribution in [3.05, 3.63) is 35.9 Å². The van der Waals surface area contributed by atoms with Gasteiger partial charge in [0.25, 0.3) is 0 Å². The van der Waals surface area contributed by atoms with E-state index in [2.05, 4.69) is 0 Å². The lowest BCUT2D eigenvalue weighted by Gasteiger charge is -2.06. The summed E-state index contributed by atoms with van der Waals surface area (Å²) in [6.45, 7) is -1.88. The lowest BCUT2D eigenvalue weighted by atomic mass is 10.0. The number of carbonyl (C=O) groups excluding carboxylic acids is 1. The van der Waals surface area contributed by atoms with Crippen LogP contribution in [0, 0.1) is 5.92 Å². The van der Waals surface area contributed by atoms with E-state index in [4.69, 9.17) is 0 Å². The highest BCUT2D eigenvalue weighted by Crippen LogP contribution is 2.10. The van der Waals surface area contributed by atoms with Crippen molar-refractivity contribution in [1.82, 2.24) is 0 Å². The van der Waals surface area contributed by atoms with Crippen LogP contribution in [0.15, 0.2) is 30.3 Å². The summed E-state index contributed by atoms with van der Waals surface area (Å²) < 4.78 is 24.3. The Morgan fingerprint density at radius 1 is 1.15 bits per heavy atom. The van der Waals surface area contributed by atoms with E-state index in [0.29, 0.717) is 5.56 Å². The van der Waals surface area contributed by atoms with Gasteiger partial charge in [0, 0.05) is 5.56 Å². The smallest absolute Gasteiger partial charge is 0.171 e. The number of Topliss-reactive ketones (excluding diaryl/α,β-unsaturated/α-hetero) is 1. The van der Waals surface area contributed by atoms with E-state index in [1.54, 1.807) is 30.3 Å². The summed E-state index contributed by atoms with van der Waals surface area (Å²) in [7, 11) is 0. The highest BCUT2D eigenvalue weighted by molar-refractivity contribution is 5.97. The minimum atomic E-state index is -1.14. The van der Waals surface area contributed by atoms with Crippen molar-refractivity contribution in [2.45, 2.75) is 0 Å². The van der Waals surface area contributed by atoms with Crippen molar-refractivity contribution in [3.8, 4) is 0 Å². The normalized spacial score (nSPS) is 10.4. The van der Waals surface area contributed by atoms with Crippen LogP contribution < -0.4 is 0 Å². The minimum Gasteiger partial charge on any atom is -0.294 e. The second-order valence-corrected chi connectivity index (χ2v) is 2.74. The van der Waals surface area contributed by atoms with Gasteiger partial charge in [0.15, 0.2) is 5.78 Å². The summed E-state index contributed by atoms with van der Waals surface area (Å²) in [5.74, 6) is -1.60. The molecule has 0 aliphatic heterocycles. The zero-order valence-corrected chi connectivity index (χ0v) is 7.04. The number of benzene rings is 1. The molecule has 13 heavy (non-hydrogen) atoms. The highest BCUT2D eigenvalue weighted by Gasteiger charge is 2.19. The van der Waals surface area contributed by atoms with E-state index in [9.17, 15) is 13.6 Å². The Kier molecular flexibility index (Phi) is 3.55. The fraction of sp³-hybridized carbons (Fsp3) is 0.300. The fourth-order valence-corrected chi connectivity index (χ4v) is 1.02. The summed E-state index contributed by atoms with van der Waals surface area (Å²) in [6, 6.07) is 8.19. The van der Waals surface area contributed by atoms with Gasteiger partial charge in [-0.1, -0.05) is 30.3 Å². The molecule has 0 N–H and O–H groups in total. The average molecular weight is 184 g/mol. The summed E-state index contributed by atoms with van der Waals surface area (Å²) in [4.78, 5) is 11.3. The van der Waals surface area contributed by atoms with Crippen molar-refractivity contribution in [3.63, 3.8) is 0 Å². The summed E-state index contributed by atoms with van der Waals surface area (Å²) >= 11 is 0. The maximum Gasteiger partial charge on any atom is 0.171 e. The van der Waals surface area contributed by atoms with E-state index in [0.717, 1.165) is 0 Å². The molecule has 1 rings (SSSR count). The molecule has 70 valence electrons. The second kappa shape index (κ2) is 4.70. The molecule has 0 radical (unpaired) electrons. The van der Waals surface area contributed by atoms with Gasteiger partial charge < -0.3 is 0 Å². The standard InChI is InChI=1S/C10H10F2O/c11-6-9(7-12)10(13)8-4-2-1-3-5-8/h1-5,9H,6-7H2. The summed E-state index contributed by atoms with van der Waals surface area (Å²) in [5, 5.41) is 0. The molecule has 0 fully saturated rings.